The number of hydrogen-bond donors (Lipinski definition) is 1. The average molecular weight is 389 g/mol. The lowest BCUT2D eigenvalue weighted by Crippen LogP contribution is -2.35. The van der Waals surface area contributed by atoms with Crippen LogP contribution in [0.3, 0.4) is 0 Å². The number of piperidine rings is 1. The number of benzene rings is 2. The number of likely N-dealkylation sites (tertiary alicyclic amines) is 1. The number of carbonyl (C=O) groups is 1. The van der Waals surface area contributed by atoms with E-state index in [0.717, 1.165) is 54.1 Å². The molecule has 1 fully saturated rings. The van der Waals surface area contributed by atoms with Gasteiger partial charge in [0.25, 0.3) is 0 Å². The lowest BCUT2D eigenvalue weighted by Gasteiger charge is -2.32. The first kappa shape index (κ1) is 18.6. The quantitative estimate of drug-likeness (QED) is 0.808. The van der Waals surface area contributed by atoms with Gasteiger partial charge in [0.2, 0.25) is 0 Å². The number of allylic oxidation sites excluding steroid dienone is 1. The highest BCUT2D eigenvalue weighted by Gasteiger charge is 2.32. The molecule has 2 aromatic carbocycles. The van der Waals surface area contributed by atoms with Crippen LogP contribution in [0.15, 0.2) is 42.5 Å². The second-order valence-electron chi connectivity index (χ2n) is 8.50. The molecule has 1 atom stereocenters. The van der Waals surface area contributed by atoms with Gasteiger partial charge in [-0.3, -0.25) is 9.69 Å². The molecule has 0 aromatic heterocycles. The minimum absolute atomic E-state index is 0.154. The predicted octanol–water partition coefficient (Wildman–Crippen LogP) is 3.80. The summed E-state index contributed by atoms with van der Waals surface area (Å²) >= 11 is 0. The van der Waals surface area contributed by atoms with Crippen LogP contribution in [0.5, 0.6) is 0 Å². The maximum absolute atomic E-state index is 12.7. The van der Waals surface area contributed by atoms with Crippen LogP contribution in [0.25, 0.3) is 11.3 Å². The second-order valence-corrected chi connectivity index (χ2v) is 8.50. The predicted molar refractivity (Wildman–Crippen MR) is 113 cm³/mol. The molecule has 0 bridgehead atoms. The summed E-state index contributed by atoms with van der Waals surface area (Å²) in [4.78, 5) is 15.2. The zero-order chi connectivity index (χ0) is 19.8. The van der Waals surface area contributed by atoms with Gasteiger partial charge in [0.1, 0.15) is 12.4 Å². The van der Waals surface area contributed by atoms with Gasteiger partial charge < -0.3 is 9.84 Å². The summed E-state index contributed by atoms with van der Waals surface area (Å²) in [6.45, 7) is 3.94. The SMILES string of the molecule is O=C1Cc2ccccc2/C1=C1\OCc2cc(CN3CCCC(CCO)C3)ccc21. The minimum atomic E-state index is 0.154. The standard InChI is InChI=1S/C25H27NO3/c27-11-9-17-4-3-10-26(14-17)15-18-7-8-22-20(12-18)16-29-25(22)24-21-6-2-1-5-19(21)13-23(24)28/h1-2,5-8,12,17,27H,3-4,9-11,13-16H2/b25-24+. The maximum Gasteiger partial charge on any atom is 0.171 e. The second kappa shape index (κ2) is 7.77. The molecule has 0 amide bonds. The number of Topliss-reactive ketones (excluding diaryl/α,β-unsaturated/α-hetero) is 1. The Labute approximate surface area is 171 Å². The van der Waals surface area contributed by atoms with Crippen molar-refractivity contribution < 1.29 is 14.6 Å². The molecule has 2 aromatic rings. The molecule has 4 nitrogen and oxygen atoms in total. The number of fused-ring (bicyclic) bond motifs is 2. The number of aliphatic hydroxyl groups excluding tert-OH is 1. The van der Waals surface area contributed by atoms with Crippen LogP contribution >= 0.6 is 0 Å². The summed E-state index contributed by atoms with van der Waals surface area (Å²) in [6, 6.07) is 14.6. The number of nitrogens with zero attached hydrogens (tertiary/aromatic N) is 1. The Bertz CT molecular complexity index is 976. The fourth-order valence-corrected chi connectivity index (χ4v) is 5.07. The Kier molecular flexibility index (Phi) is 4.98. The third-order valence-corrected chi connectivity index (χ3v) is 6.48. The summed E-state index contributed by atoms with van der Waals surface area (Å²) in [5.41, 5.74) is 6.39. The van der Waals surface area contributed by atoms with Crippen LogP contribution in [0.2, 0.25) is 0 Å². The molecule has 29 heavy (non-hydrogen) atoms. The first-order valence-corrected chi connectivity index (χ1v) is 10.7. The Morgan fingerprint density at radius 1 is 1.10 bits per heavy atom. The van der Waals surface area contributed by atoms with Gasteiger partial charge in [0.05, 0.1) is 5.57 Å². The molecule has 3 aliphatic rings. The molecule has 0 saturated carbocycles. The van der Waals surface area contributed by atoms with Gasteiger partial charge in [-0.1, -0.05) is 42.5 Å². The van der Waals surface area contributed by atoms with Crippen LogP contribution in [0.1, 0.15) is 47.1 Å². The number of ether oxygens (including phenoxy) is 1. The third kappa shape index (κ3) is 3.52. The van der Waals surface area contributed by atoms with Gasteiger partial charge in [-0.05, 0) is 48.4 Å². The molecule has 1 N–H and O–H groups in total. The van der Waals surface area contributed by atoms with E-state index in [1.807, 2.05) is 24.3 Å². The summed E-state index contributed by atoms with van der Waals surface area (Å²) in [6.07, 6.45) is 3.80. The molecule has 0 spiro atoms. The van der Waals surface area contributed by atoms with Gasteiger partial charge in [-0.25, -0.2) is 0 Å². The molecule has 2 heterocycles. The van der Waals surface area contributed by atoms with Crippen LogP contribution in [-0.4, -0.2) is 35.5 Å². The first-order chi connectivity index (χ1) is 14.2. The molecule has 1 aliphatic carbocycles. The highest BCUT2D eigenvalue weighted by molar-refractivity contribution is 6.31. The van der Waals surface area contributed by atoms with Crippen molar-refractivity contribution in [3.8, 4) is 0 Å². The van der Waals surface area contributed by atoms with E-state index in [2.05, 4.69) is 23.1 Å². The smallest absolute Gasteiger partial charge is 0.171 e. The largest absolute Gasteiger partial charge is 0.487 e. The normalized spacial score (nSPS) is 23.8. The van der Waals surface area contributed by atoms with E-state index in [1.165, 1.54) is 24.0 Å². The van der Waals surface area contributed by atoms with E-state index >= 15 is 0 Å². The topological polar surface area (TPSA) is 49.8 Å². The lowest BCUT2D eigenvalue weighted by atomic mass is 9.94. The van der Waals surface area contributed by atoms with Gasteiger partial charge in [0.15, 0.2) is 5.78 Å². The van der Waals surface area contributed by atoms with Gasteiger partial charge in [-0.2, -0.15) is 0 Å². The van der Waals surface area contributed by atoms with Crippen molar-refractivity contribution in [2.24, 2.45) is 5.92 Å². The zero-order valence-corrected chi connectivity index (χ0v) is 16.7. The Hall–Kier alpha value is -2.43. The summed E-state index contributed by atoms with van der Waals surface area (Å²) in [5.74, 6) is 1.51. The van der Waals surface area contributed by atoms with E-state index in [1.54, 1.807) is 0 Å². The van der Waals surface area contributed by atoms with E-state index in [0.29, 0.717) is 18.9 Å². The molecule has 1 unspecified atom stereocenters. The average Bonchev–Trinajstić information content (AvgIpc) is 3.27. The third-order valence-electron chi connectivity index (χ3n) is 6.48. The highest BCUT2D eigenvalue weighted by atomic mass is 16.5. The zero-order valence-electron chi connectivity index (χ0n) is 16.7. The van der Waals surface area contributed by atoms with E-state index < -0.39 is 0 Å². The molecule has 0 radical (unpaired) electrons. The van der Waals surface area contributed by atoms with Crippen LogP contribution < -0.4 is 0 Å². The number of aliphatic hydroxyl groups is 1. The Morgan fingerprint density at radius 3 is 2.90 bits per heavy atom. The van der Waals surface area contributed by atoms with Gasteiger partial charge in [-0.15, -0.1) is 0 Å². The monoisotopic (exact) mass is 389 g/mol. The molecule has 150 valence electrons. The molecule has 1 saturated heterocycles. The molecule has 5 rings (SSSR count). The van der Waals surface area contributed by atoms with Crippen molar-refractivity contribution in [2.75, 3.05) is 19.7 Å². The molecule has 2 aliphatic heterocycles. The summed E-state index contributed by atoms with van der Waals surface area (Å²) in [5, 5.41) is 9.23. The first-order valence-electron chi connectivity index (χ1n) is 10.7. The fraction of sp³-hybridized carbons (Fsp3) is 0.400. The van der Waals surface area contributed by atoms with Gasteiger partial charge in [0, 0.05) is 37.2 Å². The summed E-state index contributed by atoms with van der Waals surface area (Å²) in [7, 11) is 0. The van der Waals surface area contributed by atoms with Crippen molar-refractivity contribution >= 4 is 17.1 Å². The number of ketones is 1. The van der Waals surface area contributed by atoms with E-state index in [9.17, 15) is 9.90 Å². The highest BCUT2D eigenvalue weighted by Crippen LogP contribution is 2.41. The fourth-order valence-electron chi connectivity index (χ4n) is 5.07. The number of rotatable bonds is 4. The van der Waals surface area contributed by atoms with Crippen molar-refractivity contribution in [2.45, 2.75) is 38.8 Å². The Morgan fingerprint density at radius 2 is 2.00 bits per heavy atom. The van der Waals surface area contributed by atoms with Crippen LogP contribution in [0.4, 0.5) is 0 Å². The van der Waals surface area contributed by atoms with Crippen molar-refractivity contribution in [3.05, 3.63) is 70.3 Å². The summed E-state index contributed by atoms with van der Waals surface area (Å²) < 4.78 is 6.05. The number of carbonyl (C=O) groups excluding carboxylic acids is 1. The number of hydrogen-bond acceptors (Lipinski definition) is 4. The molecular formula is C25H27NO3. The van der Waals surface area contributed by atoms with Crippen molar-refractivity contribution in [1.82, 2.24) is 4.90 Å². The minimum Gasteiger partial charge on any atom is -0.487 e. The van der Waals surface area contributed by atoms with Crippen molar-refractivity contribution in [3.63, 3.8) is 0 Å². The van der Waals surface area contributed by atoms with E-state index in [4.69, 9.17) is 4.74 Å². The molecule has 4 heteroatoms. The Balaban J connectivity index is 1.39. The lowest BCUT2D eigenvalue weighted by molar-refractivity contribution is -0.112. The molecular weight excluding hydrogens is 362 g/mol. The maximum atomic E-state index is 12.7. The van der Waals surface area contributed by atoms with Crippen LogP contribution in [0, 0.1) is 5.92 Å². The van der Waals surface area contributed by atoms with Crippen molar-refractivity contribution in [1.29, 1.82) is 0 Å². The van der Waals surface area contributed by atoms with Crippen LogP contribution in [-0.2, 0) is 29.1 Å². The van der Waals surface area contributed by atoms with Gasteiger partial charge >= 0.3 is 0 Å². The van der Waals surface area contributed by atoms with E-state index in [-0.39, 0.29) is 12.4 Å².